The normalized spacial score (nSPS) is 12.8. The molecule has 9 nitrogen and oxygen atoms in total. The van der Waals surface area contributed by atoms with Gasteiger partial charge in [0.25, 0.3) is 5.91 Å². The van der Waals surface area contributed by atoms with E-state index in [1.165, 1.54) is 0 Å². The monoisotopic (exact) mass is 450 g/mol. The Balaban J connectivity index is 1.41. The van der Waals surface area contributed by atoms with Gasteiger partial charge in [0.1, 0.15) is 11.9 Å². The zero-order valence-electron chi connectivity index (χ0n) is 18.6. The van der Waals surface area contributed by atoms with Gasteiger partial charge in [-0.1, -0.05) is 18.2 Å². The van der Waals surface area contributed by atoms with E-state index in [1.807, 2.05) is 37.3 Å². The SMILES string of the molecule is CC(NCCC[C@H](NC(=O)c1ccc(CNCc2ccccn2)cc1)C(=O)O)c1ncc[nH]1. The summed E-state index contributed by atoms with van der Waals surface area (Å²) in [6.07, 6.45) is 6.13. The Morgan fingerprint density at radius 3 is 2.55 bits per heavy atom. The van der Waals surface area contributed by atoms with Gasteiger partial charge in [0.2, 0.25) is 0 Å². The predicted molar refractivity (Wildman–Crippen MR) is 124 cm³/mol. The quantitative estimate of drug-likeness (QED) is 0.253. The van der Waals surface area contributed by atoms with Crippen molar-refractivity contribution in [1.29, 1.82) is 0 Å². The van der Waals surface area contributed by atoms with Gasteiger partial charge in [0, 0.05) is 37.2 Å². The van der Waals surface area contributed by atoms with Crippen LogP contribution in [0.2, 0.25) is 0 Å². The molecule has 174 valence electrons. The average Bonchev–Trinajstić information content (AvgIpc) is 3.37. The molecule has 3 rings (SSSR count). The number of amides is 1. The van der Waals surface area contributed by atoms with Crippen LogP contribution in [0.5, 0.6) is 0 Å². The Hall–Kier alpha value is -3.56. The largest absolute Gasteiger partial charge is 0.480 e. The molecule has 0 saturated carbocycles. The summed E-state index contributed by atoms with van der Waals surface area (Å²) in [5.41, 5.74) is 2.41. The number of benzene rings is 1. The van der Waals surface area contributed by atoms with Crippen molar-refractivity contribution in [1.82, 2.24) is 30.9 Å². The van der Waals surface area contributed by atoms with Crippen molar-refractivity contribution in [2.45, 2.75) is 44.9 Å². The summed E-state index contributed by atoms with van der Waals surface area (Å²) >= 11 is 0. The maximum Gasteiger partial charge on any atom is 0.326 e. The summed E-state index contributed by atoms with van der Waals surface area (Å²) < 4.78 is 0. The second-order valence-corrected chi connectivity index (χ2v) is 7.78. The Kier molecular flexibility index (Phi) is 9.10. The number of pyridine rings is 1. The van der Waals surface area contributed by atoms with Crippen LogP contribution >= 0.6 is 0 Å². The van der Waals surface area contributed by atoms with Gasteiger partial charge in [-0.2, -0.15) is 0 Å². The van der Waals surface area contributed by atoms with Gasteiger partial charge in [0.05, 0.1) is 11.7 Å². The van der Waals surface area contributed by atoms with Crippen LogP contribution in [0, 0.1) is 0 Å². The highest BCUT2D eigenvalue weighted by molar-refractivity contribution is 5.96. The number of carbonyl (C=O) groups excluding carboxylic acids is 1. The first kappa shape index (κ1) is 24.1. The van der Waals surface area contributed by atoms with Crippen LogP contribution in [0.1, 0.15) is 53.2 Å². The number of imidazole rings is 1. The van der Waals surface area contributed by atoms with E-state index in [0.29, 0.717) is 38.0 Å². The third-order valence-electron chi connectivity index (χ3n) is 5.23. The molecule has 1 amide bonds. The zero-order chi connectivity index (χ0) is 23.5. The third kappa shape index (κ3) is 7.81. The van der Waals surface area contributed by atoms with E-state index in [4.69, 9.17) is 0 Å². The van der Waals surface area contributed by atoms with E-state index in [1.54, 1.807) is 30.7 Å². The van der Waals surface area contributed by atoms with Crippen LogP contribution in [0.4, 0.5) is 0 Å². The predicted octanol–water partition coefficient (Wildman–Crippen LogP) is 2.41. The highest BCUT2D eigenvalue weighted by atomic mass is 16.4. The fourth-order valence-electron chi connectivity index (χ4n) is 3.35. The summed E-state index contributed by atoms with van der Waals surface area (Å²) in [4.78, 5) is 35.6. The zero-order valence-corrected chi connectivity index (χ0v) is 18.6. The van der Waals surface area contributed by atoms with Gasteiger partial charge < -0.3 is 26.0 Å². The number of nitrogens with one attached hydrogen (secondary N) is 4. The molecule has 3 aromatic rings. The lowest BCUT2D eigenvalue weighted by atomic mass is 10.1. The van der Waals surface area contributed by atoms with Gasteiger partial charge in [0.15, 0.2) is 0 Å². The Morgan fingerprint density at radius 1 is 1.06 bits per heavy atom. The highest BCUT2D eigenvalue weighted by Gasteiger charge is 2.20. The van der Waals surface area contributed by atoms with Crippen LogP contribution in [-0.2, 0) is 17.9 Å². The molecular formula is C24H30N6O3. The standard InChI is InChI=1S/C24H30N6O3/c1-17(22-28-13-14-29-22)26-12-4-6-21(24(32)33)30-23(31)19-9-7-18(8-10-19)15-25-16-20-5-2-3-11-27-20/h2-3,5,7-11,13-14,17,21,25-26H,4,6,12,15-16H2,1H3,(H,28,29)(H,30,31)(H,32,33)/t17?,21-/m0/s1. The summed E-state index contributed by atoms with van der Waals surface area (Å²) in [5.74, 6) is -0.612. The Morgan fingerprint density at radius 2 is 1.88 bits per heavy atom. The molecule has 0 saturated heterocycles. The number of hydrogen-bond donors (Lipinski definition) is 5. The maximum absolute atomic E-state index is 12.5. The second kappa shape index (κ2) is 12.5. The number of aliphatic carboxylic acids is 1. The van der Waals surface area contributed by atoms with E-state index < -0.39 is 17.9 Å². The number of H-pyrrole nitrogens is 1. The Bertz CT molecular complexity index is 993. The van der Waals surface area contributed by atoms with E-state index in [0.717, 1.165) is 17.1 Å². The van der Waals surface area contributed by atoms with E-state index >= 15 is 0 Å². The molecule has 5 N–H and O–H groups in total. The summed E-state index contributed by atoms with van der Waals surface area (Å²) in [6.45, 7) is 3.88. The van der Waals surface area contributed by atoms with Crippen molar-refractivity contribution in [3.63, 3.8) is 0 Å². The van der Waals surface area contributed by atoms with Gasteiger partial charge in [-0.25, -0.2) is 9.78 Å². The lowest BCUT2D eigenvalue weighted by molar-refractivity contribution is -0.139. The summed E-state index contributed by atoms with van der Waals surface area (Å²) in [6, 6.07) is 12.0. The first-order valence-electron chi connectivity index (χ1n) is 11.0. The fraction of sp³-hybridized carbons (Fsp3) is 0.333. The minimum atomic E-state index is -1.04. The number of carboxylic acid groups (broad SMARTS) is 1. The van der Waals surface area contributed by atoms with Crippen LogP contribution in [0.15, 0.2) is 61.1 Å². The molecule has 0 aliphatic carbocycles. The van der Waals surface area contributed by atoms with Crippen molar-refractivity contribution in [2.24, 2.45) is 0 Å². The first-order valence-corrected chi connectivity index (χ1v) is 11.0. The molecule has 0 spiro atoms. The van der Waals surface area contributed by atoms with Crippen molar-refractivity contribution < 1.29 is 14.7 Å². The number of rotatable bonds is 13. The Labute approximate surface area is 193 Å². The molecule has 0 radical (unpaired) electrons. The van der Waals surface area contributed by atoms with Crippen molar-refractivity contribution in [3.8, 4) is 0 Å². The molecule has 2 aromatic heterocycles. The number of nitrogens with zero attached hydrogens (tertiary/aromatic N) is 2. The van der Waals surface area contributed by atoms with Gasteiger partial charge in [-0.05, 0) is 56.1 Å². The lowest BCUT2D eigenvalue weighted by Gasteiger charge is -2.16. The molecule has 0 fully saturated rings. The number of aromatic amines is 1. The van der Waals surface area contributed by atoms with E-state index in [-0.39, 0.29) is 6.04 Å². The van der Waals surface area contributed by atoms with Crippen molar-refractivity contribution >= 4 is 11.9 Å². The van der Waals surface area contributed by atoms with Crippen LogP contribution < -0.4 is 16.0 Å². The minimum absolute atomic E-state index is 0.0369. The lowest BCUT2D eigenvalue weighted by Crippen LogP contribution is -2.41. The van der Waals surface area contributed by atoms with Gasteiger partial charge >= 0.3 is 5.97 Å². The van der Waals surface area contributed by atoms with Crippen LogP contribution in [-0.4, -0.2) is 44.5 Å². The van der Waals surface area contributed by atoms with Crippen LogP contribution in [0.3, 0.4) is 0 Å². The molecule has 1 aromatic carbocycles. The molecule has 9 heteroatoms. The van der Waals surface area contributed by atoms with Gasteiger partial charge in [-0.3, -0.25) is 9.78 Å². The number of carbonyl (C=O) groups is 2. The summed E-state index contributed by atoms with van der Waals surface area (Å²) in [5, 5.41) is 18.7. The minimum Gasteiger partial charge on any atom is -0.480 e. The van der Waals surface area contributed by atoms with Crippen molar-refractivity contribution in [2.75, 3.05) is 6.54 Å². The fourth-order valence-corrected chi connectivity index (χ4v) is 3.35. The van der Waals surface area contributed by atoms with E-state index in [2.05, 4.69) is 30.9 Å². The molecule has 1 unspecified atom stereocenters. The van der Waals surface area contributed by atoms with Gasteiger partial charge in [-0.15, -0.1) is 0 Å². The van der Waals surface area contributed by atoms with E-state index in [9.17, 15) is 14.7 Å². The topological polar surface area (TPSA) is 132 Å². The first-order chi connectivity index (χ1) is 16.0. The second-order valence-electron chi connectivity index (χ2n) is 7.78. The number of hydrogen-bond acceptors (Lipinski definition) is 6. The molecule has 0 aliphatic heterocycles. The molecule has 2 heterocycles. The van der Waals surface area contributed by atoms with Crippen molar-refractivity contribution in [3.05, 3.63) is 83.7 Å². The number of carboxylic acids is 1. The molecule has 0 bridgehead atoms. The molecule has 2 atom stereocenters. The molecular weight excluding hydrogens is 420 g/mol. The number of aromatic nitrogens is 3. The summed E-state index contributed by atoms with van der Waals surface area (Å²) in [7, 11) is 0. The molecule has 33 heavy (non-hydrogen) atoms. The van der Waals surface area contributed by atoms with Crippen LogP contribution in [0.25, 0.3) is 0 Å². The molecule has 0 aliphatic rings. The maximum atomic E-state index is 12.5. The third-order valence-corrected chi connectivity index (χ3v) is 5.23. The highest BCUT2D eigenvalue weighted by Crippen LogP contribution is 2.08. The smallest absolute Gasteiger partial charge is 0.326 e. The average molecular weight is 451 g/mol.